The molecule has 8 heteroatoms. The average Bonchev–Trinajstić information content (AvgIpc) is 3.00. The van der Waals surface area contributed by atoms with Gasteiger partial charge >= 0.3 is 4.87 Å². The SMILES string of the molecule is Cc1csc(=O)n1CCC(=O)Nc1nc2ccc(F)cc2s1. The van der Waals surface area contributed by atoms with E-state index in [1.807, 2.05) is 6.92 Å². The van der Waals surface area contributed by atoms with Crippen LogP contribution in [0.2, 0.25) is 0 Å². The van der Waals surface area contributed by atoms with Crippen molar-refractivity contribution in [3.8, 4) is 0 Å². The highest BCUT2D eigenvalue weighted by Gasteiger charge is 2.10. The van der Waals surface area contributed by atoms with Gasteiger partial charge in [-0.05, 0) is 25.1 Å². The summed E-state index contributed by atoms with van der Waals surface area (Å²) < 4.78 is 15.4. The molecule has 0 aliphatic carbocycles. The number of carbonyl (C=O) groups excluding carboxylic acids is 1. The molecular formula is C14H12FN3O2S2. The van der Waals surface area contributed by atoms with Crippen molar-refractivity contribution in [1.82, 2.24) is 9.55 Å². The Hall–Kier alpha value is -2.06. The molecule has 22 heavy (non-hydrogen) atoms. The van der Waals surface area contributed by atoms with Crippen molar-refractivity contribution in [2.75, 3.05) is 5.32 Å². The molecule has 3 aromatic rings. The third-order valence-electron chi connectivity index (χ3n) is 3.14. The first-order valence-electron chi connectivity index (χ1n) is 6.54. The summed E-state index contributed by atoms with van der Waals surface area (Å²) >= 11 is 2.34. The van der Waals surface area contributed by atoms with E-state index in [-0.39, 0.29) is 23.0 Å². The van der Waals surface area contributed by atoms with E-state index in [2.05, 4.69) is 10.3 Å². The van der Waals surface area contributed by atoms with Crippen molar-refractivity contribution in [2.45, 2.75) is 19.9 Å². The summed E-state index contributed by atoms with van der Waals surface area (Å²) in [6, 6.07) is 4.29. The summed E-state index contributed by atoms with van der Waals surface area (Å²) in [4.78, 5) is 27.7. The molecule has 114 valence electrons. The van der Waals surface area contributed by atoms with Crippen LogP contribution in [0, 0.1) is 12.7 Å². The van der Waals surface area contributed by atoms with E-state index >= 15 is 0 Å². The van der Waals surface area contributed by atoms with E-state index in [1.165, 1.54) is 23.5 Å². The molecule has 0 aliphatic rings. The number of thiazole rings is 2. The summed E-state index contributed by atoms with van der Waals surface area (Å²) in [5.74, 6) is -0.557. The first-order valence-corrected chi connectivity index (χ1v) is 8.23. The van der Waals surface area contributed by atoms with Gasteiger partial charge in [-0.25, -0.2) is 9.37 Å². The number of carbonyl (C=O) groups is 1. The van der Waals surface area contributed by atoms with Crippen LogP contribution in [0.3, 0.4) is 0 Å². The minimum atomic E-state index is -0.332. The Morgan fingerprint density at radius 2 is 2.27 bits per heavy atom. The van der Waals surface area contributed by atoms with E-state index in [4.69, 9.17) is 0 Å². The molecule has 0 bridgehead atoms. The quantitative estimate of drug-likeness (QED) is 0.796. The Bertz CT molecular complexity index is 897. The first-order chi connectivity index (χ1) is 10.5. The van der Waals surface area contributed by atoms with Crippen LogP contribution in [-0.4, -0.2) is 15.5 Å². The molecule has 0 radical (unpaired) electrons. The van der Waals surface area contributed by atoms with Gasteiger partial charge < -0.3 is 9.88 Å². The van der Waals surface area contributed by atoms with Gasteiger partial charge in [0.05, 0.1) is 10.2 Å². The maximum absolute atomic E-state index is 13.1. The molecular weight excluding hydrogens is 325 g/mol. The zero-order valence-corrected chi connectivity index (χ0v) is 13.3. The predicted octanol–water partition coefficient (Wildman–Crippen LogP) is 3.00. The molecule has 2 heterocycles. The molecule has 0 spiro atoms. The third kappa shape index (κ3) is 3.07. The second kappa shape index (κ2) is 5.98. The molecule has 2 aromatic heterocycles. The van der Waals surface area contributed by atoms with Crippen LogP contribution in [0.1, 0.15) is 12.1 Å². The minimum absolute atomic E-state index is 0.0687. The largest absolute Gasteiger partial charge is 0.307 e. The van der Waals surface area contributed by atoms with Gasteiger partial charge in [0.1, 0.15) is 5.82 Å². The van der Waals surface area contributed by atoms with Gasteiger partial charge in [-0.2, -0.15) is 0 Å². The van der Waals surface area contributed by atoms with Crippen LogP contribution in [0.15, 0.2) is 28.4 Å². The van der Waals surface area contributed by atoms with E-state index < -0.39 is 0 Å². The van der Waals surface area contributed by atoms with Crippen LogP contribution in [0.25, 0.3) is 10.2 Å². The number of halogens is 1. The number of aryl methyl sites for hydroxylation is 1. The Morgan fingerprint density at radius 1 is 1.45 bits per heavy atom. The number of rotatable bonds is 4. The highest BCUT2D eigenvalue weighted by Crippen LogP contribution is 2.26. The normalized spacial score (nSPS) is 11.0. The number of nitrogens with zero attached hydrogens (tertiary/aromatic N) is 2. The van der Waals surface area contributed by atoms with E-state index in [0.717, 1.165) is 17.0 Å². The summed E-state index contributed by atoms with van der Waals surface area (Å²) in [6.07, 6.45) is 0.182. The average molecular weight is 337 g/mol. The molecule has 0 unspecified atom stereocenters. The van der Waals surface area contributed by atoms with Gasteiger partial charge in [-0.1, -0.05) is 22.7 Å². The van der Waals surface area contributed by atoms with Gasteiger partial charge in [0.25, 0.3) is 0 Å². The molecule has 1 amide bonds. The van der Waals surface area contributed by atoms with Crippen LogP contribution < -0.4 is 10.2 Å². The Balaban J connectivity index is 1.67. The molecule has 3 rings (SSSR count). The van der Waals surface area contributed by atoms with Crippen molar-refractivity contribution >= 4 is 43.9 Å². The second-order valence-corrected chi connectivity index (χ2v) is 6.58. The fourth-order valence-electron chi connectivity index (χ4n) is 2.02. The molecule has 0 saturated carbocycles. The van der Waals surface area contributed by atoms with Crippen molar-refractivity contribution in [2.24, 2.45) is 0 Å². The van der Waals surface area contributed by atoms with Crippen LogP contribution in [0.5, 0.6) is 0 Å². The lowest BCUT2D eigenvalue weighted by molar-refractivity contribution is -0.116. The van der Waals surface area contributed by atoms with Crippen molar-refractivity contribution in [3.05, 3.63) is 44.8 Å². The number of hydrogen-bond donors (Lipinski definition) is 1. The number of hydrogen-bond acceptors (Lipinski definition) is 5. The summed E-state index contributed by atoms with van der Waals surface area (Å²) in [7, 11) is 0. The number of aromatic nitrogens is 2. The topological polar surface area (TPSA) is 64.0 Å². The number of benzene rings is 1. The number of nitrogens with one attached hydrogen (secondary N) is 1. The third-order valence-corrected chi connectivity index (χ3v) is 4.95. The first kappa shape index (κ1) is 14.9. The van der Waals surface area contributed by atoms with Gasteiger partial charge in [-0.15, -0.1) is 0 Å². The maximum Gasteiger partial charge on any atom is 0.307 e. The smallest absolute Gasteiger partial charge is 0.303 e. The van der Waals surface area contributed by atoms with Crippen molar-refractivity contribution in [3.63, 3.8) is 0 Å². The standard InChI is InChI=1S/C14H12FN3O2S2/c1-8-7-21-14(20)18(8)5-4-12(19)17-13-16-10-3-2-9(15)6-11(10)22-13/h2-3,6-7H,4-5H2,1H3,(H,16,17,19). The van der Waals surface area contributed by atoms with Crippen LogP contribution >= 0.6 is 22.7 Å². The number of amides is 1. The molecule has 1 aromatic carbocycles. The summed E-state index contributed by atoms with van der Waals surface area (Å²) in [5, 5.41) is 4.88. The molecule has 0 saturated heterocycles. The van der Waals surface area contributed by atoms with E-state index in [9.17, 15) is 14.0 Å². The highest BCUT2D eigenvalue weighted by atomic mass is 32.1. The number of fused-ring (bicyclic) bond motifs is 1. The predicted molar refractivity (Wildman–Crippen MR) is 86.1 cm³/mol. The van der Waals surface area contributed by atoms with E-state index in [0.29, 0.717) is 21.9 Å². The Kier molecular flexibility index (Phi) is 4.04. The van der Waals surface area contributed by atoms with Gasteiger partial charge in [-0.3, -0.25) is 9.59 Å². The summed E-state index contributed by atoms with van der Waals surface area (Å²) in [5.41, 5.74) is 1.49. The highest BCUT2D eigenvalue weighted by molar-refractivity contribution is 7.22. The lowest BCUT2D eigenvalue weighted by Gasteiger charge is -2.04. The fourth-order valence-corrected chi connectivity index (χ4v) is 3.69. The van der Waals surface area contributed by atoms with Gasteiger partial charge in [0, 0.05) is 24.0 Å². The summed E-state index contributed by atoms with van der Waals surface area (Å²) in [6.45, 7) is 2.16. The molecule has 5 nitrogen and oxygen atoms in total. The molecule has 0 atom stereocenters. The van der Waals surface area contributed by atoms with E-state index in [1.54, 1.807) is 16.0 Å². The Labute approximate surface area is 133 Å². The number of anilines is 1. The van der Waals surface area contributed by atoms with Gasteiger partial charge in [0.2, 0.25) is 5.91 Å². The molecule has 0 fully saturated rings. The molecule has 0 aliphatic heterocycles. The maximum atomic E-state index is 13.1. The zero-order valence-electron chi connectivity index (χ0n) is 11.6. The van der Waals surface area contributed by atoms with Crippen LogP contribution in [-0.2, 0) is 11.3 Å². The minimum Gasteiger partial charge on any atom is -0.303 e. The van der Waals surface area contributed by atoms with Crippen LogP contribution in [0.4, 0.5) is 9.52 Å². The zero-order chi connectivity index (χ0) is 15.7. The van der Waals surface area contributed by atoms with Crippen molar-refractivity contribution < 1.29 is 9.18 Å². The Morgan fingerprint density at radius 3 is 3.00 bits per heavy atom. The van der Waals surface area contributed by atoms with Gasteiger partial charge in [0.15, 0.2) is 5.13 Å². The lowest BCUT2D eigenvalue weighted by atomic mass is 10.3. The lowest BCUT2D eigenvalue weighted by Crippen LogP contribution is -2.20. The molecule has 1 N–H and O–H groups in total. The fraction of sp³-hybridized carbons (Fsp3) is 0.214. The second-order valence-electron chi connectivity index (χ2n) is 4.72. The van der Waals surface area contributed by atoms with Crippen molar-refractivity contribution in [1.29, 1.82) is 0 Å². The monoisotopic (exact) mass is 337 g/mol.